The molecule has 2 aromatic carbocycles. The number of fused-ring (bicyclic) bond motifs is 1. The standard InChI is InChI=1S/C20H14O6/c1-25-15-7-6-10(8-14(15)21)13-9-16(22)26-20-17(13)18(23)11-4-2-3-5-12(11)19(20)24/h2-8,13,21H,9H2,1H3. The average Bonchev–Trinajstić information content (AvgIpc) is 2.65. The van der Waals surface area contributed by atoms with Crippen molar-refractivity contribution in [3.8, 4) is 11.5 Å². The van der Waals surface area contributed by atoms with E-state index in [2.05, 4.69) is 0 Å². The van der Waals surface area contributed by atoms with E-state index in [9.17, 15) is 19.5 Å². The Morgan fingerprint density at radius 3 is 2.38 bits per heavy atom. The van der Waals surface area contributed by atoms with Crippen LogP contribution in [0, 0.1) is 0 Å². The predicted octanol–water partition coefficient (Wildman–Crippen LogP) is 2.76. The summed E-state index contributed by atoms with van der Waals surface area (Å²) in [6, 6.07) is 11.1. The van der Waals surface area contributed by atoms with E-state index >= 15 is 0 Å². The van der Waals surface area contributed by atoms with Gasteiger partial charge in [-0.1, -0.05) is 30.3 Å². The number of allylic oxidation sites excluding steroid dienone is 2. The Morgan fingerprint density at radius 1 is 1.04 bits per heavy atom. The van der Waals surface area contributed by atoms with Crippen molar-refractivity contribution in [2.75, 3.05) is 7.11 Å². The Balaban J connectivity index is 1.88. The molecule has 1 aliphatic carbocycles. The highest BCUT2D eigenvalue weighted by Gasteiger charge is 2.42. The highest BCUT2D eigenvalue weighted by molar-refractivity contribution is 6.27. The first-order valence-corrected chi connectivity index (χ1v) is 8.01. The van der Waals surface area contributed by atoms with Gasteiger partial charge in [0.05, 0.1) is 19.1 Å². The van der Waals surface area contributed by atoms with E-state index in [0.29, 0.717) is 5.56 Å². The van der Waals surface area contributed by atoms with Crippen LogP contribution in [0.5, 0.6) is 11.5 Å². The second-order valence-corrected chi connectivity index (χ2v) is 6.11. The van der Waals surface area contributed by atoms with Gasteiger partial charge in [-0.15, -0.1) is 0 Å². The first kappa shape index (κ1) is 16.1. The van der Waals surface area contributed by atoms with Crippen LogP contribution >= 0.6 is 0 Å². The Bertz CT molecular complexity index is 1000. The third-order valence-corrected chi connectivity index (χ3v) is 4.65. The SMILES string of the molecule is COc1ccc(C2CC(=O)OC3=C2C(=O)c2ccccc2C3=O)cc1O. The molecule has 1 heterocycles. The Kier molecular flexibility index (Phi) is 3.61. The van der Waals surface area contributed by atoms with Gasteiger partial charge in [-0.25, -0.2) is 0 Å². The van der Waals surface area contributed by atoms with Gasteiger partial charge in [0.15, 0.2) is 23.0 Å². The quantitative estimate of drug-likeness (QED) is 0.838. The van der Waals surface area contributed by atoms with Crippen LogP contribution < -0.4 is 4.74 Å². The number of methoxy groups -OCH3 is 1. The third-order valence-electron chi connectivity index (χ3n) is 4.65. The lowest BCUT2D eigenvalue weighted by Crippen LogP contribution is -2.32. The first-order valence-electron chi connectivity index (χ1n) is 8.01. The molecule has 0 amide bonds. The molecule has 0 fully saturated rings. The second kappa shape index (κ2) is 5.84. The van der Waals surface area contributed by atoms with Gasteiger partial charge in [0, 0.05) is 17.0 Å². The Labute approximate surface area is 148 Å². The number of esters is 1. The summed E-state index contributed by atoms with van der Waals surface area (Å²) >= 11 is 0. The lowest BCUT2D eigenvalue weighted by Gasteiger charge is -2.30. The second-order valence-electron chi connectivity index (χ2n) is 6.11. The van der Waals surface area contributed by atoms with Crippen LogP contribution in [0.1, 0.15) is 38.6 Å². The highest BCUT2D eigenvalue weighted by atomic mass is 16.5. The molecule has 4 rings (SSSR count). The van der Waals surface area contributed by atoms with Crippen molar-refractivity contribution in [3.63, 3.8) is 0 Å². The van der Waals surface area contributed by atoms with Crippen molar-refractivity contribution in [2.45, 2.75) is 12.3 Å². The highest BCUT2D eigenvalue weighted by Crippen LogP contribution is 2.42. The Morgan fingerprint density at radius 2 is 1.73 bits per heavy atom. The Hall–Kier alpha value is -3.41. The minimum Gasteiger partial charge on any atom is -0.504 e. The molecule has 0 spiro atoms. The number of hydrogen-bond donors (Lipinski definition) is 1. The largest absolute Gasteiger partial charge is 0.504 e. The molecule has 6 nitrogen and oxygen atoms in total. The molecule has 1 aliphatic heterocycles. The van der Waals surface area contributed by atoms with Gasteiger partial charge >= 0.3 is 5.97 Å². The smallest absolute Gasteiger partial charge is 0.312 e. The van der Waals surface area contributed by atoms with E-state index in [0.717, 1.165) is 0 Å². The van der Waals surface area contributed by atoms with E-state index in [-0.39, 0.29) is 46.2 Å². The fraction of sp³-hybridized carbons (Fsp3) is 0.150. The van der Waals surface area contributed by atoms with Gasteiger partial charge in [-0.05, 0) is 17.7 Å². The van der Waals surface area contributed by atoms with Crippen molar-refractivity contribution >= 4 is 17.5 Å². The first-order chi connectivity index (χ1) is 12.5. The summed E-state index contributed by atoms with van der Waals surface area (Å²) in [6.07, 6.45) is -0.0915. The maximum Gasteiger partial charge on any atom is 0.312 e. The summed E-state index contributed by atoms with van der Waals surface area (Å²) in [4.78, 5) is 37.8. The summed E-state index contributed by atoms with van der Waals surface area (Å²) in [5.74, 6) is -2.14. The van der Waals surface area contributed by atoms with Crippen molar-refractivity contribution in [2.24, 2.45) is 0 Å². The molecule has 1 atom stereocenters. The molecular formula is C20H14O6. The fourth-order valence-electron chi connectivity index (χ4n) is 3.42. The van der Waals surface area contributed by atoms with Gasteiger partial charge in [0.25, 0.3) is 0 Å². The number of hydrogen-bond acceptors (Lipinski definition) is 6. The monoisotopic (exact) mass is 350 g/mol. The van der Waals surface area contributed by atoms with Gasteiger partial charge in [-0.2, -0.15) is 0 Å². The number of carbonyl (C=O) groups excluding carboxylic acids is 3. The number of rotatable bonds is 2. The fourth-order valence-corrected chi connectivity index (χ4v) is 3.42. The van der Waals surface area contributed by atoms with Crippen LogP contribution in [-0.2, 0) is 9.53 Å². The molecule has 0 aromatic heterocycles. The molecule has 1 unspecified atom stereocenters. The molecule has 2 aromatic rings. The summed E-state index contributed by atoms with van der Waals surface area (Å²) in [5.41, 5.74) is 1.20. The van der Waals surface area contributed by atoms with E-state index in [1.54, 1.807) is 30.3 Å². The lowest BCUT2D eigenvalue weighted by molar-refractivity contribution is -0.140. The molecule has 2 aliphatic rings. The molecule has 130 valence electrons. The number of carbonyl (C=O) groups is 3. The molecule has 0 saturated carbocycles. The maximum absolute atomic E-state index is 13.0. The topological polar surface area (TPSA) is 89.9 Å². The van der Waals surface area contributed by atoms with Gasteiger partial charge in [-0.3, -0.25) is 14.4 Å². The number of phenols is 1. The summed E-state index contributed by atoms with van der Waals surface area (Å²) in [6.45, 7) is 0. The molecule has 6 heteroatoms. The van der Waals surface area contributed by atoms with E-state index in [4.69, 9.17) is 9.47 Å². The average molecular weight is 350 g/mol. The number of benzene rings is 2. The van der Waals surface area contributed by atoms with Crippen LogP contribution in [-0.4, -0.2) is 29.8 Å². The number of ketones is 2. The summed E-state index contributed by atoms with van der Waals surface area (Å²) < 4.78 is 10.2. The number of Topliss-reactive ketones (excluding diaryl/α,β-unsaturated/α-hetero) is 2. The van der Waals surface area contributed by atoms with Crippen molar-refractivity contribution < 1.29 is 29.0 Å². The zero-order valence-electron chi connectivity index (χ0n) is 13.8. The third kappa shape index (κ3) is 2.30. The minimum atomic E-state index is -0.673. The van der Waals surface area contributed by atoms with Crippen molar-refractivity contribution in [1.29, 1.82) is 0 Å². The molecule has 0 radical (unpaired) electrons. The van der Waals surface area contributed by atoms with E-state index in [1.807, 2.05) is 0 Å². The molecule has 0 bridgehead atoms. The van der Waals surface area contributed by atoms with Crippen molar-refractivity contribution in [1.82, 2.24) is 0 Å². The molecular weight excluding hydrogens is 336 g/mol. The number of phenolic OH excluding ortho intramolecular Hbond substituents is 1. The minimum absolute atomic E-state index is 0.0915. The predicted molar refractivity (Wildman–Crippen MR) is 90.2 cm³/mol. The van der Waals surface area contributed by atoms with Crippen LogP contribution in [0.25, 0.3) is 0 Å². The van der Waals surface area contributed by atoms with E-state index in [1.165, 1.54) is 19.2 Å². The van der Waals surface area contributed by atoms with E-state index < -0.39 is 17.7 Å². The molecule has 26 heavy (non-hydrogen) atoms. The molecule has 1 N–H and O–H groups in total. The van der Waals surface area contributed by atoms with Gasteiger partial charge in [0.1, 0.15) is 0 Å². The van der Waals surface area contributed by atoms with Crippen LogP contribution in [0.4, 0.5) is 0 Å². The van der Waals surface area contributed by atoms with Crippen molar-refractivity contribution in [3.05, 3.63) is 70.5 Å². The zero-order valence-corrected chi connectivity index (χ0v) is 13.8. The van der Waals surface area contributed by atoms with Crippen LogP contribution in [0.15, 0.2) is 53.8 Å². The van der Waals surface area contributed by atoms with Gasteiger partial charge < -0.3 is 14.6 Å². The normalized spacial score (nSPS) is 19.0. The molecule has 0 saturated heterocycles. The van der Waals surface area contributed by atoms with Crippen LogP contribution in [0.3, 0.4) is 0 Å². The van der Waals surface area contributed by atoms with Gasteiger partial charge in [0.2, 0.25) is 5.78 Å². The zero-order chi connectivity index (χ0) is 18.4. The number of ether oxygens (including phenoxy) is 2. The number of aromatic hydroxyl groups is 1. The van der Waals surface area contributed by atoms with Crippen LogP contribution in [0.2, 0.25) is 0 Å². The lowest BCUT2D eigenvalue weighted by atomic mass is 9.77. The maximum atomic E-state index is 13.0. The summed E-state index contributed by atoms with van der Waals surface area (Å²) in [5, 5.41) is 10.1. The summed E-state index contributed by atoms with van der Waals surface area (Å²) in [7, 11) is 1.42.